The predicted molar refractivity (Wildman–Crippen MR) is 78.0 cm³/mol. The highest BCUT2D eigenvalue weighted by atomic mass is 16.5. The van der Waals surface area contributed by atoms with Crippen LogP contribution in [0.2, 0.25) is 0 Å². The van der Waals surface area contributed by atoms with E-state index < -0.39 is 0 Å². The smallest absolute Gasteiger partial charge is 0.229 e. The zero-order valence-corrected chi connectivity index (χ0v) is 12.1. The molecule has 0 radical (unpaired) electrons. The number of benzene rings is 1. The Morgan fingerprint density at radius 2 is 1.95 bits per heavy atom. The van der Waals surface area contributed by atoms with Crippen molar-refractivity contribution in [2.24, 2.45) is 0 Å². The van der Waals surface area contributed by atoms with Gasteiger partial charge < -0.3 is 4.74 Å². The van der Waals surface area contributed by atoms with Gasteiger partial charge in [-0.1, -0.05) is 32.9 Å². The fraction of sp³-hybridized carbons (Fsp3) is 0.333. The topological polar surface area (TPSA) is 55.2 Å². The quantitative estimate of drug-likeness (QED) is 0.778. The molecule has 0 aliphatic carbocycles. The van der Waals surface area contributed by atoms with Crippen LogP contribution < -0.4 is 4.74 Å². The first-order valence-electron chi connectivity index (χ1n) is 6.58. The molecule has 3 rings (SSSR count). The number of fused-ring (bicyclic) bond motifs is 1. The molecule has 104 valence electrons. The average molecular weight is 270 g/mol. The number of methoxy groups -OCH3 is 1. The lowest BCUT2D eigenvalue weighted by Crippen LogP contribution is -2.11. The summed E-state index contributed by atoms with van der Waals surface area (Å²) in [6, 6.07) is 7.84. The van der Waals surface area contributed by atoms with Crippen molar-refractivity contribution < 1.29 is 4.74 Å². The second-order valence-corrected chi connectivity index (χ2v) is 5.82. The van der Waals surface area contributed by atoms with Gasteiger partial charge in [0.2, 0.25) is 5.78 Å². The number of ether oxygens (including phenoxy) is 1. The normalized spacial score (nSPS) is 12.0. The van der Waals surface area contributed by atoms with E-state index in [0.29, 0.717) is 0 Å². The van der Waals surface area contributed by atoms with Gasteiger partial charge in [-0.05, 0) is 12.1 Å². The summed E-state index contributed by atoms with van der Waals surface area (Å²) < 4.78 is 7.38. The highest BCUT2D eigenvalue weighted by Crippen LogP contribution is 2.30. The second kappa shape index (κ2) is 4.37. The van der Waals surface area contributed by atoms with Gasteiger partial charge in [0.05, 0.1) is 18.4 Å². The number of rotatable bonds is 2. The number of aromatic amines is 1. The van der Waals surface area contributed by atoms with E-state index in [9.17, 15) is 0 Å². The van der Waals surface area contributed by atoms with Gasteiger partial charge in [0.25, 0.3) is 0 Å². The molecule has 0 amide bonds. The average Bonchev–Trinajstić information content (AvgIpc) is 2.97. The Labute approximate surface area is 117 Å². The molecule has 5 nitrogen and oxygen atoms in total. The van der Waals surface area contributed by atoms with Crippen molar-refractivity contribution >= 4 is 5.78 Å². The number of para-hydroxylation sites is 1. The standard InChI is InChI=1S/C15H18N4O/c1-15(2,3)12-9-19-13(17-18-14(19)16-12)10-7-5-6-8-11(10)20-4/h5-9H,1-4H3,(H,16,18). The van der Waals surface area contributed by atoms with Gasteiger partial charge in [-0.25, -0.2) is 10.1 Å². The van der Waals surface area contributed by atoms with Crippen LogP contribution in [0.15, 0.2) is 30.5 Å². The number of aromatic nitrogens is 4. The molecule has 2 heterocycles. The Morgan fingerprint density at radius 3 is 2.65 bits per heavy atom. The first-order valence-corrected chi connectivity index (χ1v) is 6.58. The fourth-order valence-corrected chi connectivity index (χ4v) is 2.16. The lowest BCUT2D eigenvalue weighted by atomic mass is 9.93. The van der Waals surface area contributed by atoms with Gasteiger partial charge in [0.15, 0.2) is 5.82 Å². The molecule has 0 unspecified atom stereocenters. The summed E-state index contributed by atoms with van der Waals surface area (Å²) in [5, 5.41) is 7.33. The minimum atomic E-state index is 0.00487. The van der Waals surface area contributed by atoms with Crippen LogP contribution in [-0.2, 0) is 5.41 Å². The van der Waals surface area contributed by atoms with Crippen molar-refractivity contribution in [2.75, 3.05) is 7.11 Å². The van der Waals surface area contributed by atoms with Crippen molar-refractivity contribution in [3.63, 3.8) is 0 Å². The summed E-state index contributed by atoms with van der Waals surface area (Å²) in [5.74, 6) is 2.35. The predicted octanol–water partition coefficient (Wildman–Crippen LogP) is 3.03. The van der Waals surface area contributed by atoms with Crippen LogP contribution in [0, 0.1) is 0 Å². The molecule has 20 heavy (non-hydrogen) atoms. The molecule has 1 aromatic carbocycles. The highest BCUT2D eigenvalue weighted by molar-refractivity contribution is 5.66. The minimum Gasteiger partial charge on any atom is -0.496 e. The van der Waals surface area contributed by atoms with Crippen LogP contribution in [0.4, 0.5) is 0 Å². The Hall–Kier alpha value is -2.30. The summed E-state index contributed by atoms with van der Waals surface area (Å²) in [6.45, 7) is 6.43. The van der Waals surface area contributed by atoms with E-state index in [4.69, 9.17) is 4.74 Å². The van der Waals surface area contributed by atoms with E-state index in [0.717, 1.165) is 28.6 Å². The van der Waals surface area contributed by atoms with Crippen LogP contribution in [0.5, 0.6) is 5.75 Å². The van der Waals surface area contributed by atoms with Gasteiger partial charge in [-0.2, -0.15) is 5.10 Å². The van der Waals surface area contributed by atoms with Crippen molar-refractivity contribution in [1.29, 1.82) is 0 Å². The van der Waals surface area contributed by atoms with Gasteiger partial charge in [0.1, 0.15) is 5.75 Å². The van der Waals surface area contributed by atoms with Crippen LogP contribution in [0.1, 0.15) is 26.5 Å². The zero-order chi connectivity index (χ0) is 14.3. The number of H-pyrrole nitrogens is 1. The number of hydrogen-bond acceptors (Lipinski definition) is 3. The van der Waals surface area contributed by atoms with Gasteiger partial charge in [-0.3, -0.25) is 4.40 Å². The first-order chi connectivity index (χ1) is 9.50. The highest BCUT2D eigenvalue weighted by Gasteiger charge is 2.21. The molecule has 2 aromatic heterocycles. The molecule has 3 aromatic rings. The van der Waals surface area contributed by atoms with Crippen LogP contribution in [0.3, 0.4) is 0 Å². The summed E-state index contributed by atoms with van der Waals surface area (Å²) in [4.78, 5) is 4.59. The third kappa shape index (κ3) is 1.95. The van der Waals surface area contributed by atoms with Crippen LogP contribution in [-0.4, -0.2) is 26.7 Å². The molecular weight excluding hydrogens is 252 g/mol. The number of hydrogen-bond donors (Lipinski definition) is 1. The molecule has 0 saturated carbocycles. The summed E-state index contributed by atoms with van der Waals surface area (Å²) in [6.07, 6.45) is 2.03. The van der Waals surface area contributed by atoms with Gasteiger partial charge in [-0.15, -0.1) is 0 Å². The maximum absolute atomic E-state index is 5.40. The molecule has 0 atom stereocenters. The Balaban J connectivity index is 2.19. The van der Waals surface area contributed by atoms with E-state index >= 15 is 0 Å². The number of nitrogens with one attached hydrogen (secondary N) is 1. The summed E-state index contributed by atoms with van der Waals surface area (Å²) in [7, 11) is 1.66. The molecule has 0 spiro atoms. The molecule has 0 fully saturated rings. The van der Waals surface area contributed by atoms with E-state index in [1.807, 2.05) is 34.9 Å². The summed E-state index contributed by atoms with van der Waals surface area (Å²) in [5.41, 5.74) is 1.98. The lowest BCUT2D eigenvalue weighted by molar-refractivity contribution is 0.416. The Morgan fingerprint density at radius 1 is 1.20 bits per heavy atom. The maximum atomic E-state index is 5.40. The third-order valence-electron chi connectivity index (χ3n) is 3.31. The van der Waals surface area contributed by atoms with Crippen LogP contribution in [0.25, 0.3) is 17.2 Å². The monoisotopic (exact) mass is 270 g/mol. The SMILES string of the molecule is COc1ccccc1-c1n[nH]c2nc(C(C)(C)C)cn12. The minimum absolute atomic E-state index is 0.00487. The van der Waals surface area contributed by atoms with Gasteiger partial charge in [0, 0.05) is 11.6 Å². The molecule has 0 aliphatic rings. The van der Waals surface area contributed by atoms with E-state index in [1.165, 1.54) is 0 Å². The fourth-order valence-electron chi connectivity index (χ4n) is 2.16. The Bertz CT molecular complexity index is 749. The zero-order valence-electron chi connectivity index (χ0n) is 12.1. The summed E-state index contributed by atoms with van der Waals surface area (Å²) >= 11 is 0. The maximum Gasteiger partial charge on any atom is 0.229 e. The van der Waals surface area contributed by atoms with Crippen molar-refractivity contribution in [1.82, 2.24) is 19.6 Å². The van der Waals surface area contributed by atoms with Crippen molar-refractivity contribution in [2.45, 2.75) is 26.2 Å². The molecule has 0 saturated heterocycles. The molecular formula is C15H18N4O. The van der Waals surface area contributed by atoms with Crippen LogP contribution >= 0.6 is 0 Å². The van der Waals surface area contributed by atoms with Crippen molar-refractivity contribution in [3.05, 3.63) is 36.2 Å². The van der Waals surface area contributed by atoms with E-state index in [2.05, 4.69) is 36.0 Å². The van der Waals surface area contributed by atoms with E-state index in [-0.39, 0.29) is 5.41 Å². The second-order valence-electron chi connectivity index (χ2n) is 5.82. The molecule has 0 aliphatic heterocycles. The molecule has 0 bridgehead atoms. The van der Waals surface area contributed by atoms with E-state index in [1.54, 1.807) is 7.11 Å². The number of nitrogens with zero attached hydrogens (tertiary/aromatic N) is 3. The van der Waals surface area contributed by atoms with Crippen molar-refractivity contribution in [3.8, 4) is 17.1 Å². The first kappa shape index (κ1) is 12.7. The Kier molecular flexibility index (Phi) is 2.78. The van der Waals surface area contributed by atoms with Gasteiger partial charge >= 0.3 is 0 Å². The largest absolute Gasteiger partial charge is 0.496 e. The third-order valence-corrected chi connectivity index (χ3v) is 3.31. The molecule has 5 heteroatoms. The number of imidazole rings is 1. The lowest BCUT2D eigenvalue weighted by Gasteiger charge is -2.13. The molecule has 1 N–H and O–H groups in total.